The molecule has 204 valence electrons. The number of aromatic nitrogens is 6. The van der Waals surface area contributed by atoms with Crippen molar-refractivity contribution in [3.8, 4) is 11.3 Å². The number of fused-ring (bicyclic) bond motifs is 1. The Morgan fingerprint density at radius 3 is 2.38 bits per heavy atom. The molecule has 2 aliphatic heterocycles. The van der Waals surface area contributed by atoms with Crippen molar-refractivity contribution in [1.29, 1.82) is 0 Å². The largest absolute Gasteiger partial charge is 0.355 e. The molecule has 0 N–H and O–H groups in total. The molecule has 0 bridgehead atoms. The molecule has 2 aliphatic rings. The van der Waals surface area contributed by atoms with Crippen molar-refractivity contribution in [3.63, 3.8) is 0 Å². The fraction of sp³-hybridized carbons (Fsp3) is 0.500. The molecule has 0 radical (unpaired) electrons. The summed E-state index contributed by atoms with van der Waals surface area (Å²) in [6.45, 7) is 15.7. The van der Waals surface area contributed by atoms with Gasteiger partial charge in [-0.1, -0.05) is 24.3 Å². The van der Waals surface area contributed by atoms with Crippen LogP contribution in [0.3, 0.4) is 0 Å². The van der Waals surface area contributed by atoms with Crippen molar-refractivity contribution < 1.29 is 0 Å². The molecular formula is C30H39N9. The minimum atomic E-state index is 0.542. The Morgan fingerprint density at radius 1 is 0.872 bits per heavy atom. The van der Waals surface area contributed by atoms with Crippen molar-refractivity contribution in [3.05, 3.63) is 64.5 Å². The zero-order chi connectivity index (χ0) is 27.1. The highest BCUT2D eigenvalue weighted by Gasteiger charge is 2.26. The molecule has 5 heterocycles. The lowest BCUT2D eigenvalue weighted by Crippen LogP contribution is -2.43. The van der Waals surface area contributed by atoms with E-state index in [1.54, 1.807) is 0 Å². The van der Waals surface area contributed by atoms with E-state index in [0.29, 0.717) is 11.7 Å². The zero-order valence-corrected chi connectivity index (χ0v) is 23.9. The number of anilines is 1. The number of piperazine rings is 1. The van der Waals surface area contributed by atoms with Crippen LogP contribution in [0.5, 0.6) is 0 Å². The van der Waals surface area contributed by atoms with Crippen LogP contribution in [0.25, 0.3) is 17.0 Å². The van der Waals surface area contributed by atoms with E-state index < -0.39 is 0 Å². The number of hydrogen-bond donors (Lipinski definition) is 0. The summed E-state index contributed by atoms with van der Waals surface area (Å²) < 4.78 is 1.89. The van der Waals surface area contributed by atoms with Crippen LogP contribution in [0.1, 0.15) is 40.5 Å². The van der Waals surface area contributed by atoms with E-state index in [1.165, 1.54) is 11.1 Å². The van der Waals surface area contributed by atoms with Gasteiger partial charge in [-0.15, -0.1) is 0 Å². The van der Waals surface area contributed by atoms with Gasteiger partial charge in [0.15, 0.2) is 0 Å². The molecule has 0 amide bonds. The van der Waals surface area contributed by atoms with Gasteiger partial charge in [0.2, 0.25) is 0 Å². The predicted octanol–water partition coefficient (Wildman–Crippen LogP) is 3.63. The van der Waals surface area contributed by atoms with Gasteiger partial charge < -0.3 is 9.80 Å². The van der Waals surface area contributed by atoms with Crippen molar-refractivity contribution in [2.45, 2.75) is 47.1 Å². The van der Waals surface area contributed by atoms with E-state index in [1.807, 2.05) is 17.6 Å². The molecule has 2 saturated heterocycles. The number of likely N-dealkylation sites (N-methyl/N-ethyl adjacent to an activating group) is 1. The standard InChI is InChI=1S/C30H39N9/c1-20-27(22(3)39-30(33-20)34-23(4)35-39)16-25-10-11-38(19-25)28-17-31-29(21(2)32-28)26-8-6-24(7-9-26)18-37-14-12-36(5)13-15-37/h6-9,17,25H,10-16,18-19H2,1-5H3. The Bertz CT molecular complexity index is 1470. The van der Waals surface area contributed by atoms with Gasteiger partial charge in [-0.3, -0.25) is 9.88 Å². The third-order valence-electron chi connectivity index (χ3n) is 8.42. The van der Waals surface area contributed by atoms with E-state index in [2.05, 4.69) is 76.9 Å². The molecule has 1 unspecified atom stereocenters. The first-order valence-electron chi connectivity index (χ1n) is 14.1. The van der Waals surface area contributed by atoms with Gasteiger partial charge in [0.1, 0.15) is 11.6 Å². The van der Waals surface area contributed by atoms with Crippen LogP contribution in [0.4, 0.5) is 5.82 Å². The summed E-state index contributed by atoms with van der Waals surface area (Å²) >= 11 is 0. The smallest absolute Gasteiger partial charge is 0.252 e. The second-order valence-corrected chi connectivity index (χ2v) is 11.4. The number of hydrogen-bond acceptors (Lipinski definition) is 8. The molecule has 0 aliphatic carbocycles. The first-order chi connectivity index (χ1) is 18.8. The van der Waals surface area contributed by atoms with E-state index in [0.717, 1.165) is 98.6 Å². The van der Waals surface area contributed by atoms with Crippen LogP contribution in [0, 0.1) is 33.6 Å². The highest BCUT2D eigenvalue weighted by Crippen LogP contribution is 2.29. The van der Waals surface area contributed by atoms with E-state index >= 15 is 0 Å². The summed E-state index contributed by atoms with van der Waals surface area (Å²) in [5.41, 5.74) is 7.91. The predicted molar refractivity (Wildman–Crippen MR) is 154 cm³/mol. The average Bonchev–Trinajstić information content (AvgIpc) is 3.55. The van der Waals surface area contributed by atoms with Gasteiger partial charge in [-0.2, -0.15) is 10.1 Å². The zero-order valence-electron chi connectivity index (χ0n) is 23.9. The van der Waals surface area contributed by atoms with Gasteiger partial charge in [0.05, 0.1) is 17.6 Å². The quantitative estimate of drug-likeness (QED) is 0.378. The number of nitrogens with zero attached hydrogens (tertiary/aromatic N) is 9. The molecule has 4 aromatic rings. The number of rotatable bonds is 6. The molecule has 39 heavy (non-hydrogen) atoms. The summed E-state index contributed by atoms with van der Waals surface area (Å²) in [6, 6.07) is 8.87. The maximum absolute atomic E-state index is 4.99. The summed E-state index contributed by atoms with van der Waals surface area (Å²) in [7, 11) is 2.20. The molecule has 6 rings (SSSR count). The van der Waals surface area contributed by atoms with Crippen molar-refractivity contribution in [1.82, 2.24) is 39.3 Å². The Hall–Kier alpha value is -3.43. The van der Waals surface area contributed by atoms with E-state index in [-0.39, 0.29) is 0 Å². The van der Waals surface area contributed by atoms with Gasteiger partial charge >= 0.3 is 0 Å². The summed E-state index contributed by atoms with van der Waals surface area (Å²) in [5.74, 6) is 2.96. The molecule has 0 saturated carbocycles. The molecule has 1 atom stereocenters. The topological polar surface area (TPSA) is 78.6 Å². The Kier molecular flexibility index (Phi) is 7.03. The molecular weight excluding hydrogens is 486 g/mol. The monoisotopic (exact) mass is 525 g/mol. The highest BCUT2D eigenvalue weighted by molar-refractivity contribution is 5.63. The first kappa shape index (κ1) is 25.8. The van der Waals surface area contributed by atoms with Gasteiger partial charge in [-0.05, 0) is 64.6 Å². The van der Waals surface area contributed by atoms with Crippen LogP contribution in [0.2, 0.25) is 0 Å². The molecule has 9 nitrogen and oxygen atoms in total. The van der Waals surface area contributed by atoms with Gasteiger partial charge in [0, 0.05) is 62.8 Å². The van der Waals surface area contributed by atoms with Crippen LogP contribution in [0.15, 0.2) is 30.5 Å². The fourth-order valence-electron chi connectivity index (χ4n) is 6.04. The Labute approximate surface area is 230 Å². The SMILES string of the molecule is Cc1nc2nc(C)c(CC3CCN(c4cnc(-c5ccc(CN6CCN(C)CC6)cc5)c(C)n4)C3)c(C)n2n1. The van der Waals surface area contributed by atoms with E-state index in [4.69, 9.17) is 15.0 Å². The maximum Gasteiger partial charge on any atom is 0.252 e. The van der Waals surface area contributed by atoms with Crippen LogP contribution in [-0.2, 0) is 13.0 Å². The summed E-state index contributed by atoms with van der Waals surface area (Å²) in [5, 5.41) is 4.54. The van der Waals surface area contributed by atoms with Gasteiger partial charge in [-0.25, -0.2) is 14.5 Å². The lowest BCUT2D eigenvalue weighted by molar-refractivity contribution is 0.148. The fourth-order valence-corrected chi connectivity index (χ4v) is 6.04. The molecule has 0 spiro atoms. The lowest BCUT2D eigenvalue weighted by Gasteiger charge is -2.32. The van der Waals surface area contributed by atoms with Crippen LogP contribution < -0.4 is 4.90 Å². The van der Waals surface area contributed by atoms with E-state index in [9.17, 15) is 0 Å². The third kappa shape index (κ3) is 5.38. The van der Waals surface area contributed by atoms with Gasteiger partial charge in [0.25, 0.3) is 5.78 Å². The summed E-state index contributed by atoms with van der Waals surface area (Å²) in [4.78, 5) is 26.3. The minimum absolute atomic E-state index is 0.542. The molecule has 2 fully saturated rings. The normalized spacial score (nSPS) is 18.9. The first-order valence-corrected chi connectivity index (χ1v) is 14.1. The minimum Gasteiger partial charge on any atom is -0.355 e. The second-order valence-electron chi connectivity index (χ2n) is 11.4. The Balaban J connectivity index is 1.11. The maximum atomic E-state index is 4.99. The molecule has 9 heteroatoms. The average molecular weight is 526 g/mol. The van der Waals surface area contributed by atoms with Crippen molar-refractivity contribution in [2.24, 2.45) is 5.92 Å². The van der Waals surface area contributed by atoms with Crippen molar-refractivity contribution in [2.75, 3.05) is 51.2 Å². The molecule has 1 aromatic carbocycles. The van der Waals surface area contributed by atoms with Crippen LogP contribution in [-0.4, -0.2) is 85.7 Å². The number of benzene rings is 1. The number of aryl methyl sites for hydroxylation is 4. The van der Waals surface area contributed by atoms with Crippen molar-refractivity contribution >= 4 is 11.6 Å². The lowest BCUT2D eigenvalue weighted by atomic mass is 9.96. The molecule has 3 aromatic heterocycles. The second kappa shape index (κ2) is 10.6. The highest BCUT2D eigenvalue weighted by atomic mass is 15.3. The summed E-state index contributed by atoms with van der Waals surface area (Å²) in [6.07, 6.45) is 4.07. The Morgan fingerprint density at radius 2 is 1.64 bits per heavy atom. The van der Waals surface area contributed by atoms with Crippen LogP contribution >= 0.6 is 0 Å². The third-order valence-corrected chi connectivity index (χ3v) is 8.42.